The molecule has 0 aliphatic rings. The third kappa shape index (κ3) is 3.79. The third-order valence-corrected chi connectivity index (χ3v) is 3.21. The Labute approximate surface area is 119 Å². The van der Waals surface area contributed by atoms with Gasteiger partial charge in [0, 0.05) is 25.3 Å². The van der Waals surface area contributed by atoms with E-state index in [4.69, 9.17) is 5.73 Å². The van der Waals surface area contributed by atoms with Gasteiger partial charge in [-0.1, -0.05) is 30.3 Å². The third-order valence-electron chi connectivity index (χ3n) is 3.21. The second-order valence-electron chi connectivity index (χ2n) is 4.87. The molecule has 1 aromatic heterocycles. The van der Waals surface area contributed by atoms with E-state index >= 15 is 0 Å². The van der Waals surface area contributed by atoms with E-state index in [0.29, 0.717) is 6.54 Å². The van der Waals surface area contributed by atoms with Gasteiger partial charge in [0.15, 0.2) is 0 Å². The predicted molar refractivity (Wildman–Crippen MR) is 81.4 cm³/mol. The minimum absolute atomic E-state index is 0.0237. The maximum atomic E-state index is 9.26. The van der Waals surface area contributed by atoms with Crippen LogP contribution in [0.5, 0.6) is 0 Å². The van der Waals surface area contributed by atoms with Gasteiger partial charge in [-0.3, -0.25) is 0 Å². The lowest BCUT2D eigenvalue weighted by Gasteiger charge is -2.23. The second-order valence-corrected chi connectivity index (χ2v) is 4.87. The lowest BCUT2D eigenvalue weighted by molar-refractivity contribution is 0.301. The SMILES string of the molecule is CC(N)c1ccnc(N(CCO)Cc2ccccc2)c1. The van der Waals surface area contributed by atoms with Crippen LogP contribution in [0.3, 0.4) is 0 Å². The summed E-state index contributed by atoms with van der Waals surface area (Å²) in [7, 11) is 0. The highest BCUT2D eigenvalue weighted by molar-refractivity contribution is 5.42. The van der Waals surface area contributed by atoms with Crippen LogP contribution in [0.25, 0.3) is 0 Å². The van der Waals surface area contributed by atoms with Crippen LogP contribution in [0.4, 0.5) is 5.82 Å². The van der Waals surface area contributed by atoms with Crippen LogP contribution < -0.4 is 10.6 Å². The van der Waals surface area contributed by atoms with Gasteiger partial charge in [-0.15, -0.1) is 0 Å². The van der Waals surface area contributed by atoms with E-state index in [0.717, 1.165) is 17.9 Å². The highest BCUT2D eigenvalue weighted by Gasteiger charge is 2.10. The molecule has 20 heavy (non-hydrogen) atoms. The van der Waals surface area contributed by atoms with Gasteiger partial charge >= 0.3 is 0 Å². The van der Waals surface area contributed by atoms with Crippen LogP contribution >= 0.6 is 0 Å². The lowest BCUT2D eigenvalue weighted by Crippen LogP contribution is -2.27. The number of aliphatic hydroxyl groups excluding tert-OH is 1. The summed E-state index contributed by atoms with van der Waals surface area (Å²) in [6.45, 7) is 3.31. The number of pyridine rings is 1. The predicted octanol–water partition coefficient (Wildman–Crippen LogP) is 2.10. The van der Waals surface area contributed by atoms with Gasteiger partial charge in [-0.05, 0) is 30.2 Å². The molecule has 0 amide bonds. The minimum Gasteiger partial charge on any atom is -0.395 e. The summed E-state index contributed by atoms with van der Waals surface area (Å²) in [5, 5.41) is 9.26. The first-order valence-corrected chi connectivity index (χ1v) is 6.82. The number of hydrogen-bond donors (Lipinski definition) is 2. The minimum atomic E-state index is -0.0237. The first-order valence-electron chi connectivity index (χ1n) is 6.82. The van der Waals surface area contributed by atoms with Crippen molar-refractivity contribution in [1.82, 2.24) is 4.98 Å². The van der Waals surface area contributed by atoms with Gasteiger partial charge in [0.05, 0.1) is 6.61 Å². The monoisotopic (exact) mass is 271 g/mol. The molecule has 1 unspecified atom stereocenters. The van der Waals surface area contributed by atoms with E-state index < -0.39 is 0 Å². The topological polar surface area (TPSA) is 62.4 Å². The number of hydrogen-bond acceptors (Lipinski definition) is 4. The van der Waals surface area contributed by atoms with Gasteiger partial charge in [0.1, 0.15) is 5.82 Å². The Morgan fingerprint density at radius 1 is 1.25 bits per heavy atom. The summed E-state index contributed by atoms with van der Waals surface area (Å²) in [6, 6.07) is 14.0. The van der Waals surface area contributed by atoms with E-state index in [1.54, 1.807) is 6.20 Å². The van der Waals surface area contributed by atoms with Crippen LogP contribution in [0.15, 0.2) is 48.7 Å². The van der Waals surface area contributed by atoms with E-state index in [1.807, 2.05) is 37.3 Å². The molecule has 4 nitrogen and oxygen atoms in total. The van der Waals surface area contributed by atoms with Crippen molar-refractivity contribution in [3.05, 3.63) is 59.8 Å². The smallest absolute Gasteiger partial charge is 0.129 e. The Balaban J connectivity index is 2.21. The maximum absolute atomic E-state index is 9.26. The second kappa shape index (κ2) is 7.03. The normalized spacial score (nSPS) is 12.2. The van der Waals surface area contributed by atoms with Crippen LogP contribution in [0, 0.1) is 0 Å². The Hall–Kier alpha value is -1.91. The molecule has 2 aromatic rings. The number of anilines is 1. The molecule has 0 saturated heterocycles. The van der Waals surface area contributed by atoms with Gasteiger partial charge in [0.2, 0.25) is 0 Å². The molecule has 0 fully saturated rings. The van der Waals surface area contributed by atoms with Crippen molar-refractivity contribution >= 4 is 5.82 Å². The number of rotatable bonds is 6. The highest BCUT2D eigenvalue weighted by atomic mass is 16.3. The van der Waals surface area contributed by atoms with Crippen molar-refractivity contribution < 1.29 is 5.11 Å². The number of nitrogens with zero attached hydrogens (tertiary/aromatic N) is 2. The van der Waals surface area contributed by atoms with Crippen molar-refractivity contribution in [1.29, 1.82) is 0 Å². The Morgan fingerprint density at radius 2 is 2.00 bits per heavy atom. The van der Waals surface area contributed by atoms with Crippen molar-refractivity contribution in [2.45, 2.75) is 19.5 Å². The van der Waals surface area contributed by atoms with Crippen molar-refractivity contribution in [3.63, 3.8) is 0 Å². The lowest BCUT2D eigenvalue weighted by atomic mass is 10.1. The fourth-order valence-electron chi connectivity index (χ4n) is 2.09. The van der Waals surface area contributed by atoms with Gasteiger partial charge in [-0.25, -0.2) is 4.98 Å². The molecule has 106 valence electrons. The fourth-order valence-corrected chi connectivity index (χ4v) is 2.09. The summed E-state index contributed by atoms with van der Waals surface area (Å²) in [5.41, 5.74) is 8.15. The quantitative estimate of drug-likeness (QED) is 0.844. The molecule has 0 saturated carbocycles. The van der Waals surface area contributed by atoms with E-state index in [1.165, 1.54) is 5.56 Å². The number of benzene rings is 1. The summed E-state index contributed by atoms with van der Waals surface area (Å²) < 4.78 is 0. The van der Waals surface area contributed by atoms with Crippen LogP contribution in [0.1, 0.15) is 24.1 Å². The largest absolute Gasteiger partial charge is 0.395 e. The van der Waals surface area contributed by atoms with E-state index in [-0.39, 0.29) is 12.6 Å². The molecule has 1 atom stereocenters. The zero-order valence-electron chi connectivity index (χ0n) is 11.7. The molecule has 0 spiro atoms. The Bertz CT molecular complexity index is 528. The zero-order chi connectivity index (χ0) is 14.4. The van der Waals surface area contributed by atoms with Crippen molar-refractivity contribution in [3.8, 4) is 0 Å². The highest BCUT2D eigenvalue weighted by Crippen LogP contribution is 2.18. The van der Waals surface area contributed by atoms with Gasteiger partial charge in [-0.2, -0.15) is 0 Å². The molecule has 0 bridgehead atoms. The van der Waals surface area contributed by atoms with Crippen LogP contribution in [-0.4, -0.2) is 23.2 Å². The fraction of sp³-hybridized carbons (Fsp3) is 0.312. The average Bonchev–Trinajstić information content (AvgIpc) is 2.48. The zero-order valence-corrected chi connectivity index (χ0v) is 11.7. The van der Waals surface area contributed by atoms with Crippen LogP contribution in [-0.2, 0) is 6.54 Å². The van der Waals surface area contributed by atoms with Crippen molar-refractivity contribution in [2.75, 3.05) is 18.1 Å². The number of aliphatic hydroxyl groups is 1. The maximum Gasteiger partial charge on any atom is 0.129 e. The molecular formula is C16H21N3O. The van der Waals surface area contributed by atoms with Gasteiger partial charge < -0.3 is 15.7 Å². The molecule has 3 N–H and O–H groups in total. The molecule has 1 aromatic carbocycles. The summed E-state index contributed by atoms with van der Waals surface area (Å²) >= 11 is 0. The number of aromatic nitrogens is 1. The first-order chi connectivity index (χ1) is 9.70. The van der Waals surface area contributed by atoms with E-state index in [9.17, 15) is 5.11 Å². The van der Waals surface area contributed by atoms with Crippen LogP contribution in [0.2, 0.25) is 0 Å². The Morgan fingerprint density at radius 3 is 2.65 bits per heavy atom. The van der Waals surface area contributed by atoms with E-state index in [2.05, 4.69) is 22.0 Å². The summed E-state index contributed by atoms with van der Waals surface area (Å²) in [5.74, 6) is 0.845. The van der Waals surface area contributed by atoms with Crippen molar-refractivity contribution in [2.24, 2.45) is 5.73 Å². The molecule has 0 aliphatic carbocycles. The standard InChI is InChI=1S/C16H21N3O/c1-13(17)15-7-8-18-16(11-15)19(9-10-20)12-14-5-3-2-4-6-14/h2-8,11,13,20H,9-10,12,17H2,1H3. The molecule has 2 rings (SSSR count). The molecule has 1 heterocycles. The summed E-state index contributed by atoms with van der Waals surface area (Å²) in [4.78, 5) is 6.45. The first kappa shape index (κ1) is 14.5. The Kier molecular flexibility index (Phi) is 5.09. The average molecular weight is 271 g/mol. The molecule has 4 heteroatoms. The molecule has 0 radical (unpaired) electrons. The van der Waals surface area contributed by atoms with Gasteiger partial charge in [0.25, 0.3) is 0 Å². The number of nitrogens with two attached hydrogens (primary N) is 1. The summed E-state index contributed by atoms with van der Waals surface area (Å²) in [6.07, 6.45) is 1.77. The molecule has 0 aliphatic heterocycles. The molecular weight excluding hydrogens is 250 g/mol.